The van der Waals surface area contributed by atoms with Crippen LogP contribution >= 0.6 is 0 Å². The second-order valence-electron chi connectivity index (χ2n) is 4.65. The monoisotopic (exact) mass is 265 g/mol. The molecule has 1 aromatic carbocycles. The minimum absolute atomic E-state index is 0.0762. The average Bonchev–Trinajstić information content (AvgIpc) is 2.94. The fourth-order valence-corrected chi connectivity index (χ4v) is 2.34. The lowest BCUT2D eigenvalue weighted by atomic mass is 10.1. The van der Waals surface area contributed by atoms with Gasteiger partial charge in [-0.1, -0.05) is 31.2 Å². The second kappa shape index (κ2) is 5.25. The number of rotatable bonds is 4. The summed E-state index contributed by atoms with van der Waals surface area (Å²) >= 11 is 0. The first kappa shape index (κ1) is 12.5. The zero-order chi connectivity index (χ0) is 13.9. The first-order valence-electron chi connectivity index (χ1n) is 6.71. The fourth-order valence-electron chi connectivity index (χ4n) is 2.34. The Hall–Kier alpha value is -2.49. The maximum atomic E-state index is 12.7. The zero-order valence-electron chi connectivity index (χ0n) is 11.3. The standard InChI is InChI=1S/C16H15N3O/c1-2-11-19-14(8-10-18-19)16(20)15-13-6-4-3-5-12(13)7-9-17-15/h3-10H,2,11H2,1H3. The van der Waals surface area contributed by atoms with Gasteiger partial charge in [-0.3, -0.25) is 14.5 Å². The number of benzene rings is 1. The molecule has 0 saturated heterocycles. The van der Waals surface area contributed by atoms with Crippen LogP contribution in [0.3, 0.4) is 0 Å². The number of carbonyl (C=O) groups is 1. The number of hydrogen-bond acceptors (Lipinski definition) is 3. The summed E-state index contributed by atoms with van der Waals surface area (Å²) in [6.07, 6.45) is 4.27. The highest BCUT2D eigenvalue weighted by Gasteiger charge is 2.17. The molecular weight excluding hydrogens is 250 g/mol. The lowest BCUT2D eigenvalue weighted by Crippen LogP contribution is -2.13. The van der Waals surface area contributed by atoms with Crippen LogP contribution < -0.4 is 0 Å². The molecule has 20 heavy (non-hydrogen) atoms. The number of nitrogens with zero attached hydrogens (tertiary/aromatic N) is 3. The molecule has 0 aliphatic heterocycles. The first-order valence-corrected chi connectivity index (χ1v) is 6.71. The van der Waals surface area contributed by atoms with Crippen LogP contribution in [0.1, 0.15) is 29.5 Å². The lowest BCUT2D eigenvalue weighted by Gasteiger charge is -2.07. The van der Waals surface area contributed by atoms with Crippen molar-refractivity contribution in [1.82, 2.24) is 14.8 Å². The molecule has 0 saturated carbocycles. The van der Waals surface area contributed by atoms with Crippen molar-refractivity contribution in [3.63, 3.8) is 0 Å². The summed E-state index contributed by atoms with van der Waals surface area (Å²) in [4.78, 5) is 17.0. The Kier molecular flexibility index (Phi) is 3.29. The van der Waals surface area contributed by atoms with E-state index >= 15 is 0 Å². The highest BCUT2D eigenvalue weighted by Crippen LogP contribution is 2.19. The smallest absolute Gasteiger partial charge is 0.229 e. The molecule has 0 fully saturated rings. The minimum atomic E-state index is -0.0762. The van der Waals surface area contributed by atoms with E-state index < -0.39 is 0 Å². The molecule has 4 nitrogen and oxygen atoms in total. The van der Waals surface area contributed by atoms with E-state index in [1.54, 1.807) is 23.1 Å². The van der Waals surface area contributed by atoms with Gasteiger partial charge in [0, 0.05) is 24.3 Å². The second-order valence-corrected chi connectivity index (χ2v) is 4.65. The maximum Gasteiger partial charge on any atom is 0.229 e. The minimum Gasteiger partial charge on any atom is -0.285 e. The predicted octanol–water partition coefficient (Wildman–Crippen LogP) is 3.07. The van der Waals surface area contributed by atoms with E-state index in [9.17, 15) is 4.79 Å². The first-order chi connectivity index (χ1) is 9.81. The van der Waals surface area contributed by atoms with Crippen molar-refractivity contribution in [2.45, 2.75) is 19.9 Å². The van der Waals surface area contributed by atoms with Crippen LogP contribution in [-0.2, 0) is 6.54 Å². The molecular formula is C16H15N3O. The number of ketones is 1. The molecule has 4 heteroatoms. The van der Waals surface area contributed by atoms with Crippen LogP contribution in [0.2, 0.25) is 0 Å². The van der Waals surface area contributed by atoms with Crippen molar-refractivity contribution in [2.75, 3.05) is 0 Å². The van der Waals surface area contributed by atoms with Crippen molar-refractivity contribution in [2.24, 2.45) is 0 Å². The number of pyridine rings is 1. The molecule has 3 rings (SSSR count). The molecule has 0 unspecified atom stereocenters. The van der Waals surface area contributed by atoms with Crippen LogP contribution in [0.15, 0.2) is 48.8 Å². The van der Waals surface area contributed by atoms with E-state index in [0.29, 0.717) is 11.4 Å². The van der Waals surface area contributed by atoms with Gasteiger partial charge in [-0.15, -0.1) is 0 Å². The zero-order valence-corrected chi connectivity index (χ0v) is 11.3. The molecule has 0 bridgehead atoms. The average molecular weight is 265 g/mol. The Morgan fingerprint density at radius 1 is 1.15 bits per heavy atom. The normalized spacial score (nSPS) is 10.8. The van der Waals surface area contributed by atoms with Crippen LogP contribution in [0.5, 0.6) is 0 Å². The van der Waals surface area contributed by atoms with Crippen molar-refractivity contribution in [1.29, 1.82) is 0 Å². The molecule has 0 spiro atoms. The predicted molar refractivity (Wildman–Crippen MR) is 77.7 cm³/mol. The van der Waals surface area contributed by atoms with Crippen molar-refractivity contribution >= 4 is 16.6 Å². The van der Waals surface area contributed by atoms with Crippen LogP contribution in [-0.4, -0.2) is 20.5 Å². The maximum absolute atomic E-state index is 12.7. The summed E-state index contributed by atoms with van der Waals surface area (Å²) in [6, 6.07) is 11.5. The van der Waals surface area contributed by atoms with E-state index in [4.69, 9.17) is 0 Å². The number of aromatic nitrogens is 3. The van der Waals surface area contributed by atoms with Crippen LogP contribution in [0.25, 0.3) is 10.8 Å². The Labute approximate surface area is 117 Å². The Bertz CT molecular complexity index is 756. The summed E-state index contributed by atoms with van der Waals surface area (Å²) < 4.78 is 1.74. The van der Waals surface area contributed by atoms with Gasteiger partial charge >= 0.3 is 0 Å². The quantitative estimate of drug-likeness (QED) is 0.681. The van der Waals surface area contributed by atoms with Crippen LogP contribution in [0.4, 0.5) is 0 Å². The van der Waals surface area contributed by atoms with Gasteiger partial charge in [0.2, 0.25) is 5.78 Å². The molecule has 2 heterocycles. The number of hydrogen-bond donors (Lipinski definition) is 0. The van der Waals surface area contributed by atoms with Gasteiger partial charge in [0.25, 0.3) is 0 Å². The van der Waals surface area contributed by atoms with Gasteiger partial charge in [0.05, 0.1) is 0 Å². The van der Waals surface area contributed by atoms with Crippen molar-refractivity contribution < 1.29 is 4.79 Å². The van der Waals surface area contributed by atoms with E-state index in [-0.39, 0.29) is 5.78 Å². The third kappa shape index (κ3) is 2.09. The molecule has 100 valence electrons. The topological polar surface area (TPSA) is 47.8 Å². The molecule has 2 aromatic heterocycles. The largest absolute Gasteiger partial charge is 0.285 e. The summed E-state index contributed by atoms with van der Waals surface area (Å²) in [5.74, 6) is -0.0762. The highest BCUT2D eigenvalue weighted by molar-refractivity contribution is 6.14. The summed E-state index contributed by atoms with van der Waals surface area (Å²) in [5.41, 5.74) is 1.08. The Balaban J connectivity index is 2.11. The molecule has 0 aliphatic carbocycles. The van der Waals surface area contributed by atoms with Gasteiger partial charge in [-0.05, 0) is 23.9 Å². The number of aryl methyl sites for hydroxylation is 1. The molecule has 0 N–H and O–H groups in total. The lowest BCUT2D eigenvalue weighted by molar-refractivity contribution is 0.102. The van der Waals surface area contributed by atoms with Crippen molar-refractivity contribution in [3.05, 3.63) is 60.2 Å². The number of carbonyl (C=O) groups excluding carboxylic acids is 1. The van der Waals surface area contributed by atoms with E-state index in [2.05, 4.69) is 17.0 Å². The Morgan fingerprint density at radius 3 is 2.85 bits per heavy atom. The third-order valence-electron chi connectivity index (χ3n) is 3.27. The Morgan fingerprint density at radius 2 is 2.00 bits per heavy atom. The highest BCUT2D eigenvalue weighted by atomic mass is 16.1. The van der Waals surface area contributed by atoms with E-state index in [1.165, 1.54) is 0 Å². The molecule has 0 atom stereocenters. The van der Waals surface area contributed by atoms with Crippen molar-refractivity contribution in [3.8, 4) is 0 Å². The fraction of sp³-hybridized carbons (Fsp3) is 0.188. The van der Waals surface area contributed by atoms with Gasteiger partial charge in [0.15, 0.2) is 0 Å². The van der Waals surface area contributed by atoms with E-state index in [0.717, 1.165) is 23.7 Å². The molecule has 0 aliphatic rings. The summed E-state index contributed by atoms with van der Waals surface area (Å²) in [6.45, 7) is 2.80. The molecule has 0 radical (unpaired) electrons. The molecule has 0 amide bonds. The van der Waals surface area contributed by atoms with Crippen LogP contribution in [0, 0.1) is 0 Å². The van der Waals surface area contributed by atoms with Gasteiger partial charge in [0.1, 0.15) is 11.4 Å². The molecule has 3 aromatic rings. The third-order valence-corrected chi connectivity index (χ3v) is 3.27. The van der Waals surface area contributed by atoms with Gasteiger partial charge in [-0.2, -0.15) is 5.10 Å². The summed E-state index contributed by atoms with van der Waals surface area (Å²) in [7, 11) is 0. The summed E-state index contributed by atoms with van der Waals surface area (Å²) in [5, 5.41) is 6.10. The van der Waals surface area contributed by atoms with Gasteiger partial charge < -0.3 is 0 Å². The van der Waals surface area contributed by atoms with Gasteiger partial charge in [-0.25, -0.2) is 0 Å². The van der Waals surface area contributed by atoms with E-state index in [1.807, 2.05) is 30.3 Å². The number of fused-ring (bicyclic) bond motifs is 1. The SMILES string of the molecule is CCCn1nccc1C(=O)c1nccc2ccccc12.